The first-order chi connectivity index (χ1) is 9.51. The fourth-order valence-corrected chi connectivity index (χ4v) is 1.90. The van der Waals surface area contributed by atoms with Crippen LogP contribution < -0.4 is 5.73 Å². The van der Waals surface area contributed by atoms with Gasteiger partial charge in [0.1, 0.15) is 6.61 Å². The second-order valence-electron chi connectivity index (χ2n) is 4.75. The van der Waals surface area contributed by atoms with E-state index >= 15 is 0 Å². The van der Waals surface area contributed by atoms with Crippen LogP contribution in [0.2, 0.25) is 0 Å². The maximum absolute atomic E-state index is 12.0. The van der Waals surface area contributed by atoms with Crippen LogP contribution in [0.25, 0.3) is 0 Å². The number of nitrogens with zero attached hydrogens (tertiary/aromatic N) is 2. The number of carbonyl (C=O) groups is 1. The number of ether oxygens (including phenoxy) is 1. The van der Waals surface area contributed by atoms with Gasteiger partial charge in [0.25, 0.3) is 0 Å². The standard InChI is InChI=1S/C15H19N3O2/c1-4-12-8-13(18(3)17-12)9-20-15(19)11-5-6-14(16)10(2)7-11/h5-8H,4,9,16H2,1-3H3. The van der Waals surface area contributed by atoms with Crippen LogP contribution >= 0.6 is 0 Å². The fourth-order valence-electron chi connectivity index (χ4n) is 1.90. The molecule has 0 saturated carbocycles. The molecular formula is C15H19N3O2. The molecular weight excluding hydrogens is 254 g/mol. The lowest BCUT2D eigenvalue weighted by Gasteiger charge is -2.06. The van der Waals surface area contributed by atoms with Crippen molar-refractivity contribution in [2.24, 2.45) is 7.05 Å². The molecule has 0 bridgehead atoms. The van der Waals surface area contributed by atoms with E-state index in [1.165, 1.54) is 0 Å². The van der Waals surface area contributed by atoms with Crippen molar-refractivity contribution < 1.29 is 9.53 Å². The molecule has 5 nitrogen and oxygen atoms in total. The molecule has 0 unspecified atom stereocenters. The van der Waals surface area contributed by atoms with Crippen LogP contribution in [0.1, 0.15) is 34.2 Å². The highest BCUT2D eigenvalue weighted by Crippen LogP contribution is 2.14. The van der Waals surface area contributed by atoms with Gasteiger partial charge in [0, 0.05) is 12.7 Å². The average Bonchev–Trinajstić information content (AvgIpc) is 2.79. The summed E-state index contributed by atoms with van der Waals surface area (Å²) in [6.45, 7) is 4.11. The third-order valence-electron chi connectivity index (χ3n) is 3.25. The highest BCUT2D eigenvalue weighted by Gasteiger charge is 2.11. The second-order valence-corrected chi connectivity index (χ2v) is 4.75. The topological polar surface area (TPSA) is 70.1 Å². The summed E-state index contributed by atoms with van der Waals surface area (Å²) >= 11 is 0. The summed E-state index contributed by atoms with van der Waals surface area (Å²) in [5.41, 5.74) is 9.64. The first kappa shape index (κ1) is 14.1. The first-order valence-electron chi connectivity index (χ1n) is 6.56. The van der Waals surface area contributed by atoms with E-state index < -0.39 is 0 Å². The molecule has 0 saturated heterocycles. The van der Waals surface area contributed by atoms with Crippen LogP contribution in [-0.2, 0) is 24.8 Å². The zero-order chi connectivity index (χ0) is 14.7. The molecule has 5 heteroatoms. The maximum Gasteiger partial charge on any atom is 0.338 e. The number of anilines is 1. The van der Waals surface area contributed by atoms with Crippen molar-refractivity contribution in [1.82, 2.24) is 9.78 Å². The van der Waals surface area contributed by atoms with Crippen molar-refractivity contribution >= 4 is 11.7 Å². The molecule has 0 atom stereocenters. The molecule has 2 rings (SSSR count). The molecule has 2 aromatic rings. The number of nitrogen functional groups attached to an aromatic ring is 1. The summed E-state index contributed by atoms with van der Waals surface area (Å²) in [5, 5.41) is 4.31. The van der Waals surface area contributed by atoms with Crippen LogP contribution in [-0.4, -0.2) is 15.7 Å². The predicted octanol–water partition coefficient (Wildman–Crippen LogP) is 2.23. The largest absolute Gasteiger partial charge is 0.456 e. The lowest BCUT2D eigenvalue weighted by atomic mass is 10.1. The summed E-state index contributed by atoms with van der Waals surface area (Å²) in [7, 11) is 1.84. The molecule has 0 fully saturated rings. The van der Waals surface area contributed by atoms with Gasteiger partial charge in [-0.05, 0) is 43.2 Å². The van der Waals surface area contributed by atoms with Crippen molar-refractivity contribution in [3.8, 4) is 0 Å². The van der Waals surface area contributed by atoms with E-state index in [1.54, 1.807) is 22.9 Å². The lowest BCUT2D eigenvalue weighted by Crippen LogP contribution is -2.08. The van der Waals surface area contributed by atoms with Gasteiger partial charge in [-0.15, -0.1) is 0 Å². The van der Waals surface area contributed by atoms with E-state index in [2.05, 4.69) is 5.10 Å². The van der Waals surface area contributed by atoms with E-state index in [0.717, 1.165) is 23.4 Å². The zero-order valence-corrected chi connectivity index (χ0v) is 12.0. The van der Waals surface area contributed by atoms with Crippen LogP contribution in [0, 0.1) is 6.92 Å². The molecule has 1 aromatic heterocycles. The summed E-state index contributed by atoms with van der Waals surface area (Å²) < 4.78 is 7.04. The van der Waals surface area contributed by atoms with Crippen molar-refractivity contribution in [3.05, 3.63) is 46.8 Å². The third-order valence-corrected chi connectivity index (χ3v) is 3.25. The van der Waals surface area contributed by atoms with E-state index in [0.29, 0.717) is 11.3 Å². The van der Waals surface area contributed by atoms with Gasteiger partial charge in [-0.1, -0.05) is 6.92 Å². The lowest BCUT2D eigenvalue weighted by molar-refractivity contribution is 0.0463. The smallest absolute Gasteiger partial charge is 0.338 e. The minimum Gasteiger partial charge on any atom is -0.456 e. The Labute approximate surface area is 118 Å². The van der Waals surface area contributed by atoms with Crippen LogP contribution in [0.15, 0.2) is 24.3 Å². The molecule has 0 aliphatic heterocycles. The van der Waals surface area contributed by atoms with Crippen LogP contribution in [0.4, 0.5) is 5.69 Å². The second kappa shape index (κ2) is 5.77. The molecule has 2 N–H and O–H groups in total. The Balaban J connectivity index is 2.04. The summed E-state index contributed by atoms with van der Waals surface area (Å²) in [4.78, 5) is 12.0. The number of aryl methyl sites for hydroxylation is 3. The molecule has 1 aromatic carbocycles. The summed E-state index contributed by atoms with van der Waals surface area (Å²) in [6.07, 6.45) is 0.860. The number of hydrogen-bond acceptors (Lipinski definition) is 4. The number of aromatic nitrogens is 2. The van der Waals surface area contributed by atoms with Gasteiger partial charge in [-0.3, -0.25) is 4.68 Å². The number of carbonyl (C=O) groups excluding carboxylic acids is 1. The Morgan fingerprint density at radius 3 is 2.75 bits per heavy atom. The van der Waals surface area contributed by atoms with Crippen LogP contribution in [0.5, 0.6) is 0 Å². The number of hydrogen-bond donors (Lipinski definition) is 1. The molecule has 20 heavy (non-hydrogen) atoms. The Bertz CT molecular complexity index is 632. The number of benzene rings is 1. The van der Waals surface area contributed by atoms with Gasteiger partial charge in [0.15, 0.2) is 0 Å². The Kier molecular flexibility index (Phi) is 4.08. The monoisotopic (exact) mass is 273 g/mol. The molecule has 0 radical (unpaired) electrons. The highest BCUT2D eigenvalue weighted by molar-refractivity contribution is 5.90. The maximum atomic E-state index is 12.0. The van der Waals surface area contributed by atoms with Crippen molar-refractivity contribution in [2.45, 2.75) is 26.9 Å². The fraction of sp³-hybridized carbons (Fsp3) is 0.333. The Morgan fingerprint density at radius 2 is 2.15 bits per heavy atom. The first-order valence-corrected chi connectivity index (χ1v) is 6.56. The summed E-state index contributed by atoms with van der Waals surface area (Å²) in [5.74, 6) is -0.354. The Hall–Kier alpha value is -2.30. The van der Waals surface area contributed by atoms with E-state index in [1.807, 2.05) is 27.0 Å². The van der Waals surface area contributed by atoms with Crippen molar-refractivity contribution in [1.29, 1.82) is 0 Å². The predicted molar refractivity (Wildman–Crippen MR) is 77.3 cm³/mol. The van der Waals surface area contributed by atoms with Crippen LogP contribution in [0.3, 0.4) is 0 Å². The quantitative estimate of drug-likeness (QED) is 0.685. The number of nitrogens with two attached hydrogens (primary N) is 1. The van der Waals surface area contributed by atoms with Gasteiger partial charge in [0.2, 0.25) is 0 Å². The van der Waals surface area contributed by atoms with Crippen molar-refractivity contribution in [3.63, 3.8) is 0 Å². The number of rotatable bonds is 4. The normalized spacial score (nSPS) is 10.6. The number of esters is 1. The molecule has 0 aliphatic carbocycles. The van der Waals surface area contributed by atoms with Gasteiger partial charge >= 0.3 is 5.97 Å². The van der Waals surface area contributed by atoms with Gasteiger partial charge in [-0.25, -0.2) is 4.79 Å². The molecule has 1 heterocycles. The molecule has 0 amide bonds. The minimum absolute atomic E-state index is 0.214. The van der Waals surface area contributed by atoms with E-state index in [-0.39, 0.29) is 12.6 Å². The zero-order valence-electron chi connectivity index (χ0n) is 12.0. The molecule has 0 aliphatic rings. The highest BCUT2D eigenvalue weighted by atomic mass is 16.5. The van der Waals surface area contributed by atoms with Crippen molar-refractivity contribution in [2.75, 3.05) is 5.73 Å². The minimum atomic E-state index is -0.354. The van der Waals surface area contributed by atoms with Gasteiger partial charge in [0.05, 0.1) is 17.0 Å². The average molecular weight is 273 g/mol. The Morgan fingerprint density at radius 1 is 1.40 bits per heavy atom. The van der Waals surface area contributed by atoms with E-state index in [9.17, 15) is 4.79 Å². The SMILES string of the molecule is CCc1cc(COC(=O)c2ccc(N)c(C)c2)n(C)n1. The third kappa shape index (κ3) is 2.99. The van der Waals surface area contributed by atoms with Gasteiger partial charge in [-0.2, -0.15) is 5.10 Å². The molecule has 106 valence electrons. The summed E-state index contributed by atoms with van der Waals surface area (Å²) in [6, 6.07) is 7.07. The van der Waals surface area contributed by atoms with E-state index in [4.69, 9.17) is 10.5 Å². The van der Waals surface area contributed by atoms with Gasteiger partial charge < -0.3 is 10.5 Å². The molecule has 0 spiro atoms.